The quantitative estimate of drug-likeness (QED) is 0.335. The number of aromatic nitrogens is 1. The SMILES string of the molecule is CCOc1cccc2sc(N(CCCN3CCOCC3)C(=O)C3CCCN3S(=O)(=O)c3ccc(OC)cc3)nc12. The molecule has 0 aliphatic carbocycles. The Bertz CT molecular complexity index is 1410. The number of methoxy groups -OCH3 is 1. The fourth-order valence-corrected chi connectivity index (χ4v) is 7.88. The third-order valence-corrected chi connectivity index (χ3v) is 10.2. The van der Waals surface area contributed by atoms with Crippen LogP contribution in [0.3, 0.4) is 0 Å². The lowest BCUT2D eigenvalue weighted by Crippen LogP contribution is -2.48. The summed E-state index contributed by atoms with van der Waals surface area (Å²) in [5, 5.41) is 0.558. The van der Waals surface area contributed by atoms with Gasteiger partial charge in [0.25, 0.3) is 0 Å². The molecule has 216 valence electrons. The third-order valence-electron chi connectivity index (χ3n) is 7.28. The molecule has 2 aliphatic heterocycles. The molecule has 0 saturated carbocycles. The number of thiazole rings is 1. The highest BCUT2D eigenvalue weighted by Gasteiger charge is 2.42. The van der Waals surface area contributed by atoms with Crippen molar-refractivity contribution in [3.63, 3.8) is 0 Å². The second-order valence-electron chi connectivity index (χ2n) is 9.78. The molecule has 40 heavy (non-hydrogen) atoms. The van der Waals surface area contributed by atoms with E-state index in [9.17, 15) is 13.2 Å². The number of rotatable bonds is 11. The van der Waals surface area contributed by atoms with Gasteiger partial charge in [-0.25, -0.2) is 13.4 Å². The Balaban J connectivity index is 1.43. The molecule has 0 radical (unpaired) electrons. The summed E-state index contributed by atoms with van der Waals surface area (Å²) in [4.78, 5) is 23.2. The molecule has 2 aliphatic rings. The van der Waals surface area contributed by atoms with Gasteiger partial charge in [-0.3, -0.25) is 14.6 Å². The zero-order valence-electron chi connectivity index (χ0n) is 23.0. The van der Waals surface area contributed by atoms with Crippen LogP contribution in [0, 0.1) is 0 Å². The summed E-state index contributed by atoms with van der Waals surface area (Å²) in [7, 11) is -2.35. The lowest BCUT2D eigenvalue weighted by Gasteiger charge is -2.30. The van der Waals surface area contributed by atoms with Crippen molar-refractivity contribution >= 4 is 42.6 Å². The highest BCUT2D eigenvalue weighted by Crippen LogP contribution is 2.36. The molecular weight excluding hydrogens is 552 g/mol. The van der Waals surface area contributed by atoms with E-state index in [2.05, 4.69) is 4.90 Å². The van der Waals surface area contributed by atoms with Crippen LogP contribution in [0.2, 0.25) is 0 Å². The van der Waals surface area contributed by atoms with Crippen LogP contribution in [0.15, 0.2) is 47.4 Å². The minimum atomic E-state index is -3.88. The normalized spacial score (nSPS) is 18.7. The molecule has 2 aromatic carbocycles. The smallest absolute Gasteiger partial charge is 0.247 e. The van der Waals surface area contributed by atoms with Crippen LogP contribution in [0.1, 0.15) is 26.2 Å². The highest BCUT2D eigenvalue weighted by atomic mass is 32.2. The van der Waals surface area contributed by atoms with Crippen molar-refractivity contribution in [1.82, 2.24) is 14.2 Å². The van der Waals surface area contributed by atoms with E-state index in [1.54, 1.807) is 17.0 Å². The summed E-state index contributed by atoms with van der Waals surface area (Å²) >= 11 is 1.43. The number of carbonyl (C=O) groups is 1. The van der Waals surface area contributed by atoms with Gasteiger partial charge < -0.3 is 14.2 Å². The van der Waals surface area contributed by atoms with Gasteiger partial charge in [-0.15, -0.1) is 0 Å². The van der Waals surface area contributed by atoms with Crippen molar-refractivity contribution in [1.29, 1.82) is 0 Å². The minimum absolute atomic E-state index is 0.146. The number of amides is 1. The summed E-state index contributed by atoms with van der Waals surface area (Å²) in [5.74, 6) is 1.00. The molecule has 3 heterocycles. The third kappa shape index (κ3) is 6.10. The molecule has 0 spiro atoms. The fraction of sp³-hybridized carbons (Fsp3) is 0.500. The topological polar surface area (TPSA) is 102 Å². The van der Waals surface area contributed by atoms with E-state index in [0.717, 1.165) is 30.8 Å². The number of hydrogen-bond donors (Lipinski definition) is 0. The van der Waals surface area contributed by atoms with Crippen LogP contribution in [0.25, 0.3) is 10.2 Å². The Morgan fingerprint density at radius 2 is 1.93 bits per heavy atom. The van der Waals surface area contributed by atoms with Gasteiger partial charge in [0.05, 0.1) is 36.5 Å². The Kier molecular flexibility index (Phi) is 9.21. The number of para-hydroxylation sites is 1. The van der Waals surface area contributed by atoms with Gasteiger partial charge >= 0.3 is 0 Å². The molecule has 10 nitrogen and oxygen atoms in total. The molecule has 12 heteroatoms. The molecule has 1 aromatic heterocycles. The van der Waals surface area contributed by atoms with Crippen LogP contribution in [-0.4, -0.2) is 94.2 Å². The van der Waals surface area contributed by atoms with E-state index >= 15 is 0 Å². The number of morpholine rings is 1. The first-order valence-corrected chi connectivity index (χ1v) is 16.0. The summed E-state index contributed by atoms with van der Waals surface area (Å²) in [6, 6.07) is 11.2. The molecular formula is C28H36N4O6S2. The molecule has 1 unspecified atom stereocenters. The van der Waals surface area contributed by atoms with Gasteiger partial charge in [0.15, 0.2) is 5.13 Å². The summed E-state index contributed by atoms with van der Waals surface area (Å²) in [5.41, 5.74) is 0.712. The Morgan fingerprint density at radius 3 is 2.65 bits per heavy atom. The van der Waals surface area contributed by atoms with Crippen molar-refractivity contribution < 1.29 is 27.4 Å². The Morgan fingerprint density at radius 1 is 1.15 bits per heavy atom. The number of hydrogen-bond acceptors (Lipinski definition) is 9. The molecule has 0 bridgehead atoms. The Labute approximate surface area is 239 Å². The van der Waals surface area contributed by atoms with Gasteiger partial charge in [0.2, 0.25) is 15.9 Å². The van der Waals surface area contributed by atoms with Gasteiger partial charge in [0, 0.05) is 32.7 Å². The number of fused-ring (bicyclic) bond motifs is 1. The predicted octanol–water partition coefficient (Wildman–Crippen LogP) is 3.61. The van der Waals surface area contributed by atoms with Crippen molar-refractivity contribution in [3.05, 3.63) is 42.5 Å². The number of anilines is 1. The Hall–Kier alpha value is -2.77. The van der Waals surface area contributed by atoms with Crippen molar-refractivity contribution in [3.8, 4) is 11.5 Å². The van der Waals surface area contributed by atoms with Crippen molar-refractivity contribution in [2.45, 2.75) is 37.1 Å². The lowest BCUT2D eigenvalue weighted by molar-refractivity contribution is -0.121. The maximum Gasteiger partial charge on any atom is 0.247 e. The standard InChI is InChI=1S/C28H36N4O6S2/c1-3-38-24-8-4-9-25-26(24)29-28(39-25)31(15-6-14-30-17-19-37-20-18-30)27(33)23-7-5-16-32(23)40(34,35)22-12-10-21(36-2)11-13-22/h4,8-13,23H,3,5-7,14-20H2,1-2H3. The molecule has 1 atom stereocenters. The van der Waals surface area contributed by atoms with E-state index < -0.39 is 16.1 Å². The highest BCUT2D eigenvalue weighted by molar-refractivity contribution is 7.89. The van der Waals surface area contributed by atoms with Crippen molar-refractivity contribution in [2.24, 2.45) is 0 Å². The van der Waals surface area contributed by atoms with Crippen LogP contribution in [0.4, 0.5) is 5.13 Å². The monoisotopic (exact) mass is 588 g/mol. The van der Waals surface area contributed by atoms with E-state index in [-0.39, 0.29) is 10.8 Å². The predicted molar refractivity (Wildman–Crippen MR) is 155 cm³/mol. The fourth-order valence-electron chi connectivity index (χ4n) is 5.21. The average Bonchev–Trinajstić information content (AvgIpc) is 3.65. The van der Waals surface area contributed by atoms with E-state index in [4.69, 9.17) is 19.2 Å². The van der Waals surface area contributed by atoms with Crippen LogP contribution >= 0.6 is 11.3 Å². The number of benzene rings is 2. The maximum absolute atomic E-state index is 14.2. The first-order valence-electron chi connectivity index (χ1n) is 13.7. The van der Waals surface area contributed by atoms with Gasteiger partial charge in [0.1, 0.15) is 23.1 Å². The number of nitrogens with zero attached hydrogens (tertiary/aromatic N) is 4. The van der Waals surface area contributed by atoms with Crippen molar-refractivity contribution in [2.75, 3.05) is 64.6 Å². The molecule has 2 fully saturated rings. The maximum atomic E-state index is 14.2. The second kappa shape index (κ2) is 12.8. The molecule has 1 amide bonds. The lowest BCUT2D eigenvalue weighted by atomic mass is 10.2. The number of ether oxygens (including phenoxy) is 3. The summed E-state index contributed by atoms with van der Waals surface area (Å²) in [6.07, 6.45) is 1.81. The number of sulfonamides is 1. The second-order valence-corrected chi connectivity index (χ2v) is 12.7. The van der Waals surface area contributed by atoms with Crippen LogP contribution in [-0.2, 0) is 19.6 Å². The summed E-state index contributed by atoms with van der Waals surface area (Å²) < 4.78 is 46.0. The molecule has 0 N–H and O–H groups in total. The molecule has 3 aromatic rings. The average molecular weight is 589 g/mol. The molecule has 5 rings (SSSR count). The number of carbonyl (C=O) groups excluding carboxylic acids is 1. The first kappa shape index (κ1) is 28.7. The molecule has 2 saturated heterocycles. The van der Waals surface area contributed by atoms with Gasteiger partial charge in [-0.2, -0.15) is 4.31 Å². The van der Waals surface area contributed by atoms with E-state index in [0.29, 0.717) is 67.9 Å². The van der Waals surface area contributed by atoms with Crippen LogP contribution < -0.4 is 14.4 Å². The zero-order chi connectivity index (χ0) is 28.1. The van der Waals surface area contributed by atoms with E-state index in [1.807, 2.05) is 25.1 Å². The first-order chi connectivity index (χ1) is 19.4. The van der Waals surface area contributed by atoms with Gasteiger partial charge in [-0.05, 0) is 62.6 Å². The van der Waals surface area contributed by atoms with Gasteiger partial charge in [-0.1, -0.05) is 17.4 Å². The largest absolute Gasteiger partial charge is 0.497 e. The summed E-state index contributed by atoms with van der Waals surface area (Å²) in [6.45, 7) is 7.13. The zero-order valence-corrected chi connectivity index (χ0v) is 24.6. The van der Waals surface area contributed by atoms with E-state index in [1.165, 1.54) is 34.9 Å². The van der Waals surface area contributed by atoms with Crippen LogP contribution in [0.5, 0.6) is 11.5 Å². The minimum Gasteiger partial charge on any atom is -0.497 e.